The lowest BCUT2D eigenvalue weighted by atomic mass is 9.81. The molecule has 0 saturated carbocycles. The summed E-state index contributed by atoms with van der Waals surface area (Å²) >= 11 is 5.78. The minimum absolute atomic E-state index is 0.0673. The van der Waals surface area contributed by atoms with Crippen molar-refractivity contribution in [3.05, 3.63) is 94.5 Å². The van der Waals surface area contributed by atoms with Crippen molar-refractivity contribution < 1.29 is 13.9 Å². The summed E-state index contributed by atoms with van der Waals surface area (Å²) in [6, 6.07) is 8.18. The van der Waals surface area contributed by atoms with Gasteiger partial charge in [-0.2, -0.15) is 0 Å². The van der Waals surface area contributed by atoms with E-state index in [1.165, 1.54) is 30.7 Å². The Labute approximate surface area is 136 Å². The van der Waals surface area contributed by atoms with E-state index in [2.05, 4.69) is 9.97 Å². The Morgan fingerprint density at radius 1 is 0.957 bits per heavy atom. The normalized spacial score (nSPS) is 13.6. The van der Waals surface area contributed by atoms with Gasteiger partial charge in [-0.1, -0.05) is 23.7 Å². The largest absolute Gasteiger partial charge is 0.376 e. The molecule has 3 aromatic rings. The summed E-state index contributed by atoms with van der Waals surface area (Å²) in [4.78, 5) is 7.69. The second-order valence-corrected chi connectivity index (χ2v) is 5.40. The molecule has 3 rings (SSSR count). The maximum absolute atomic E-state index is 14.4. The van der Waals surface area contributed by atoms with Crippen molar-refractivity contribution in [2.45, 2.75) is 5.60 Å². The average Bonchev–Trinajstić information content (AvgIpc) is 2.55. The molecule has 0 aliphatic carbocycles. The lowest BCUT2D eigenvalue weighted by Crippen LogP contribution is -2.30. The van der Waals surface area contributed by atoms with Gasteiger partial charge in [0.2, 0.25) is 0 Å². The first-order valence-electron chi connectivity index (χ1n) is 6.71. The van der Waals surface area contributed by atoms with Crippen LogP contribution < -0.4 is 0 Å². The van der Waals surface area contributed by atoms with Crippen LogP contribution in [0.3, 0.4) is 0 Å². The Balaban J connectivity index is 2.30. The summed E-state index contributed by atoms with van der Waals surface area (Å²) in [7, 11) is 0. The molecule has 2 heterocycles. The van der Waals surface area contributed by atoms with E-state index >= 15 is 0 Å². The minimum Gasteiger partial charge on any atom is -0.376 e. The molecule has 116 valence electrons. The first kappa shape index (κ1) is 15.5. The van der Waals surface area contributed by atoms with Crippen molar-refractivity contribution >= 4 is 11.6 Å². The predicted octanol–water partition coefficient (Wildman–Crippen LogP) is 3.69. The molecule has 0 amide bonds. The number of rotatable bonds is 3. The van der Waals surface area contributed by atoms with E-state index < -0.39 is 17.2 Å². The molecule has 0 aliphatic rings. The second-order valence-electron chi connectivity index (χ2n) is 4.97. The third kappa shape index (κ3) is 2.81. The topological polar surface area (TPSA) is 46.0 Å². The monoisotopic (exact) mass is 332 g/mol. The Bertz CT molecular complexity index is 845. The molecule has 0 spiro atoms. The zero-order valence-corrected chi connectivity index (χ0v) is 12.5. The fraction of sp³-hybridized carbons (Fsp3) is 0.0588. The fourth-order valence-electron chi connectivity index (χ4n) is 2.45. The van der Waals surface area contributed by atoms with Crippen LogP contribution in [0.1, 0.15) is 16.7 Å². The van der Waals surface area contributed by atoms with Crippen LogP contribution in [-0.2, 0) is 5.60 Å². The molecular formula is C17H11ClF2N2O. The van der Waals surface area contributed by atoms with Crippen LogP contribution in [0.5, 0.6) is 0 Å². The highest BCUT2D eigenvalue weighted by Crippen LogP contribution is 2.38. The van der Waals surface area contributed by atoms with Gasteiger partial charge < -0.3 is 5.11 Å². The molecule has 1 atom stereocenters. The molecule has 23 heavy (non-hydrogen) atoms. The number of hydrogen-bond acceptors (Lipinski definition) is 3. The fourth-order valence-corrected chi connectivity index (χ4v) is 2.61. The highest BCUT2D eigenvalue weighted by molar-refractivity contribution is 6.30. The number of nitrogens with zero attached hydrogens (tertiary/aromatic N) is 2. The molecule has 6 heteroatoms. The number of halogens is 3. The van der Waals surface area contributed by atoms with Gasteiger partial charge in [0.05, 0.1) is 6.20 Å². The Hall–Kier alpha value is -2.37. The number of aliphatic hydroxyl groups is 1. The van der Waals surface area contributed by atoms with E-state index in [1.54, 1.807) is 12.1 Å². The van der Waals surface area contributed by atoms with Gasteiger partial charge in [-0.3, -0.25) is 9.97 Å². The van der Waals surface area contributed by atoms with E-state index in [0.717, 1.165) is 18.3 Å². The first-order chi connectivity index (χ1) is 11.0. The number of aromatic nitrogens is 2. The van der Waals surface area contributed by atoms with Crippen LogP contribution in [0.25, 0.3) is 0 Å². The van der Waals surface area contributed by atoms with Gasteiger partial charge in [0.25, 0.3) is 0 Å². The van der Waals surface area contributed by atoms with Crippen LogP contribution in [0.4, 0.5) is 8.78 Å². The van der Waals surface area contributed by atoms with Gasteiger partial charge in [0.1, 0.15) is 17.2 Å². The zero-order valence-electron chi connectivity index (χ0n) is 11.7. The molecule has 3 nitrogen and oxygen atoms in total. The van der Waals surface area contributed by atoms with E-state index in [1.807, 2.05) is 0 Å². The summed E-state index contributed by atoms with van der Waals surface area (Å²) in [5, 5.41) is 11.5. The summed E-state index contributed by atoms with van der Waals surface area (Å²) in [6.07, 6.45) is 5.19. The summed E-state index contributed by atoms with van der Waals surface area (Å²) in [5.41, 5.74) is -1.64. The van der Waals surface area contributed by atoms with Crippen LogP contribution in [0.15, 0.2) is 61.2 Å². The Morgan fingerprint density at radius 3 is 2.39 bits per heavy atom. The number of pyridine rings is 2. The van der Waals surface area contributed by atoms with Gasteiger partial charge in [-0.25, -0.2) is 8.78 Å². The molecule has 2 aromatic heterocycles. The highest BCUT2D eigenvalue weighted by atomic mass is 35.5. The van der Waals surface area contributed by atoms with E-state index in [4.69, 9.17) is 11.6 Å². The Morgan fingerprint density at radius 2 is 1.74 bits per heavy atom. The number of hydrogen-bond donors (Lipinski definition) is 1. The van der Waals surface area contributed by atoms with E-state index in [9.17, 15) is 13.9 Å². The van der Waals surface area contributed by atoms with Gasteiger partial charge in [0.15, 0.2) is 0 Å². The maximum Gasteiger partial charge on any atom is 0.146 e. The standard InChI is InChI=1S/C17H11ClF2N2O/c18-13-3-4-15(16(20)7-13)17(23,11-2-1-5-21-8-11)12-6-14(19)10-22-9-12/h1-10,23H. The van der Waals surface area contributed by atoms with E-state index in [0.29, 0.717) is 0 Å². The molecule has 1 unspecified atom stereocenters. The minimum atomic E-state index is -1.95. The molecular weight excluding hydrogens is 322 g/mol. The quantitative estimate of drug-likeness (QED) is 0.795. The average molecular weight is 333 g/mol. The Kier molecular flexibility index (Phi) is 4.07. The smallest absolute Gasteiger partial charge is 0.146 e. The number of benzene rings is 1. The predicted molar refractivity (Wildman–Crippen MR) is 81.9 cm³/mol. The SMILES string of the molecule is OC(c1cccnc1)(c1cncc(F)c1)c1ccc(Cl)cc1F. The van der Waals surface area contributed by atoms with Crippen molar-refractivity contribution in [1.29, 1.82) is 0 Å². The van der Waals surface area contributed by atoms with Crippen LogP contribution in [-0.4, -0.2) is 15.1 Å². The zero-order chi connectivity index (χ0) is 16.4. The summed E-state index contributed by atoms with van der Waals surface area (Å²) in [6.45, 7) is 0. The van der Waals surface area contributed by atoms with Crippen molar-refractivity contribution in [2.24, 2.45) is 0 Å². The molecule has 0 saturated heterocycles. The second kappa shape index (κ2) is 6.02. The summed E-state index contributed by atoms with van der Waals surface area (Å²) < 4.78 is 28.0. The first-order valence-corrected chi connectivity index (χ1v) is 7.09. The highest BCUT2D eigenvalue weighted by Gasteiger charge is 2.37. The lowest BCUT2D eigenvalue weighted by molar-refractivity contribution is 0.120. The molecule has 0 radical (unpaired) electrons. The van der Waals surface area contributed by atoms with Crippen molar-refractivity contribution in [3.63, 3.8) is 0 Å². The van der Waals surface area contributed by atoms with Gasteiger partial charge in [0, 0.05) is 40.3 Å². The molecule has 1 N–H and O–H groups in total. The van der Waals surface area contributed by atoms with Crippen molar-refractivity contribution in [1.82, 2.24) is 9.97 Å². The van der Waals surface area contributed by atoms with Gasteiger partial charge in [-0.05, 0) is 24.3 Å². The van der Waals surface area contributed by atoms with Crippen LogP contribution in [0.2, 0.25) is 5.02 Å². The molecule has 1 aromatic carbocycles. The van der Waals surface area contributed by atoms with Crippen molar-refractivity contribution in [2.75, 3.05) is 0 Å². The molecule has 0 fully saturated rings. The molecule has 0 aliphatic heterocycles. The van der Waals surface area contributed by atoms with Gasteiger partial charge >= 0.3 is 0 Å². The molecule has 0 bridgehead atoms. The third-order valence-corrected chi connectivity index (χ3v) is 3.76. The summed E-state index contributed by atoms with van der Waals surface area (Å²) in [5.74, 6) is -1.35. The maximum atomic E-state index is 14.4. The lowest BCUT2D eigenvalue weighted by Gasteiger charge is -2.29. The van der Waals surface area contributed by atoms with Crippen molar-refractivity contribution in [3.8, 4) is 0 Å². The van der Waals surface area contributed by atoms with Gasteiger partial charge in [-0.15, -0.1) is 0 Å². The van der Waals surface area contributed by atoms with Crippen LogP contribution >= 0.6 is 11.6 Å². The van der Waals surface area contributed by atoms with E-state index in [-0.39, 0.29) is 21.7 Å². The third-order valence-electron chi connectivity index (χ3n) is 3.52. The van der Waals surface area contributed by atoms with Crippen LogP contribution in [0, 0.1) is 11.6 Å².